The standard InChI is InChI=1S/C31H21N/c1-4-14-24-20(10-1)21-11-2-5-15-25(21)31(24)26-16-6-8-19-29(26)32-28-18-7-3-12-22(28)23-13-9-17-27(31)30(23)32/h1-2,4-11,13-19H,3,12H2. The third-order valence-corrected chi connectivity index (χ3v) is 7.88. The van der Waals surface area contributed by atoms with Crippen LogP contribution in [0, 0.1) is 0 Å². The van der Waals surface area contributed by atoms with E-state index in [0.717, 1.165) is 12.8 Å². The van der Waals surface area contributed by atoms with Gasteiger partial charge in [-0.25, -0.2) is 0 Å². The number of para-hydroxylation sites is 2. The zero-order chi connectivity index (χ0) is 20.9. The van der Waals surface area contributed by atoms with Crippen LogP contribution in [0.2, 0.25) is 0 Å². The molecule has 1 nitrogen and oxygen atoms in total. The maximum atomic E-state index is 2.54. The first-order valence-electron chi connectivity index (χ1n) is 11.5. The zero-order valence-electron chi connectivity index (χ0n) is 17.7. The molecule has 1 aliphatic heterocycles. The Morgan fingerprint density at radius 1 is 0.625 bits per heavy atom. The Morgan fingerprint density at radius 2 is 1.28 bits per heavy atom. The van der Waals surface area contributed by atoms with E-state index in [0.29, 0.717) is 0 Å². The van der Waals surface area contributed by atoms with Crippen molar-refractivity contribution in [2.75, 3.05) is 0 Å². The van der Waals surface area contributed by atoms with Crippen molar-refractivity contribution in [3.8, 4) is 16.8 Å². The van der Waals surface area contributed by atoms with Gasteiger partial charge in [0, 0.05) is 11.1 Å². The Morgan fingerprint density at radius 3 is 2.06 bits per heavy atom. The van der Waals surface area contributed by atoms with E-state index in [2.05, 4.69) is 108 Å². The quantitative estimate of drug-likeness (QED) is 0.249. The molecule has 0 radical (unpaired) electrons. The molecule has 4 aromatic carbocycles. The van der Waals surface area contributed by atoms with Crippen LogP contribution in [0.4, 0.5) is 0 Å². The molecule has 8 rings (SSSR count). The highest BCUT2D eigenvalue weighted by atomic mass is 15.0. The van der Waals surface area contributed by atoms with Crippen LogP contribution in [-0.2, 0) is 11.8 Å². The number of rotatable bonds is 0. The Balaban J connectivity index is 1.67. The van der Waals surface area contributed by atoms with Gasteiger partial charge in [-0.1, -0.05) is 91.0 Å². The van der Waals surface area contributed by atoms with Crippen molar-refractivity contribution in [1.82, 2.24) is 4.57 Å². The predicted molar refractivity (Wildman–Crippen MR) is 131 cm³/mol. The number of benzene rings is 4. The molecule has 2 heterocycles. The number of allylic oxidation sites excluding steroid dienone is 1. The van der Waals surface area contributed by atoms with Gasteiger partial charge in [0.1, 0.15) is 0 Å². The molecule has 1 aromatic heterocycles. The SMILES string of the molecule is C1=Cc2c(c3cccc4c3n2-c2ccccc2C42c3ccccc3-c3ccccc32)CC1. The molecule has 0 atom stereocenters. The molecule has 1 spiro atoms. The van der Waals surface area contributed by atoms with E-state index in [1.165, 1.54) is 61.2 Å². The molecular weight excluding hydrogens is 386 g/mol. The van der Waals surface area contributed by atoms with Crippen LogP contribution in [0.15, 0.2) is 97.1 Å². The van der Waals surface area contributed by atoms with Gasteiger partial charge in [-0.05, 0) is 63.9 Å². The first kappa shape index (κ1) is 16.8. The summed E-state index contributed by atoms with van der Waals surface area (Å²) in [6, 6.07) is 34.1. The highest BCUT2D eigenvalue weighted by Gasteiger charge is 2.50. The van der Waals surface area contributed by atoms with Gasteiger partial charge in [0.25, 0.3) is 0 Å². The average molecular weight is 408 g/mol. The van der Waals surface area contributed by atoms with Crippen LogP contribution in [0.5, 0.6) is 0 Å². The summed E-state index contributed by atoms with van der Waals surface area (Å²) in [5.74, 6) is 0. The van der Waals surface area contributed by atoms with Gasteiger partial charge >= 0.3 is 0 Å². The number of fused-ring (bicyclic) bond motifs is 12. The van der Waals surface area contributed by atoms with E-state index in [1.54, 1.807) is 0 Å². The number of hydrogen-bond acceptors (Lipinski definition) is 0. The number of aromatic nitrogens is 1. The van der Waals surface area contributed by atoms with Gasteiger partial charge in [0.2, 0.25) is 0 Å². The summed E-state index contributed by atoms with van der Waals surface area (Å²) in [5.41, 5.74) is 13.6. The molecule has 2 aliphatic carbocycles. The molecule has 0 N–H and O–H groups in total. The molecule has 0 unspecified atom stereocenters. The van der Waals surface area contributed by atoms with Crippen LogP contribution in [0.25, 0.3) is 33.8 Å². The topological polar surface area (TPSA) is 4.93 Å². The first-order valence-corrected chi connectivity index (χ1v) is 11.5. The average Bonchev–Trinajstić information content (AvgIpc) is 3.35. The molecule has 0 bridgehead atoms. The summed E-state index contributed by atoms with van der Waals surface area (Å²) < 4.78 is 2.54. The van der Waals surface area contributed by atoms with E-state index < -0.39 is 0 Å². The second-order valence-corrected chi connectivity index (χ2v) is 9.20. The second kappa shape index (κ2) is 5.69. The van der Waals surface area contributed by atoms with Crippen molar-refractivity contribution in [1.29, 1.82) is 0 Å². The van der Waals surface area contributed by atoms with Gasteiger partial charge < -0.3 is 4.57 Å². The summed E-state index contributed by atoms with van der Waals surface area (Å²) in [6.07, 6.45) is 6.90. The van der Waals surface area contributed by atoms with Crippen molar-refractivity contribution >= 4 is 17.0 Å². The van der Waals surface area contributed by atoms with E-state index >= 15 is 0 Å². The van der Waals surface area contributed by atoms with Gasteiger partial charge in [0.15, 0.2) is 0 Å². The Bertz CT molecular complexity index is 1580. The van der Waals surface area contributed by atoms with Crippen LogP contribution < -0.4 is 0 Å². The van der Waals surface area contributed by atoms with Crippen LogP contribution in [-0.4, -0.2) is 4.57 Å². The van der Waals surface area contributed by atoms with E-state index in [9.17, 15) is 0 Å². The van der Waals surface area contributed by atoms with Crippen molar-refractivity contribution in [3.63, 3.8) is 0 Å². The molecule has 0 amide bonds. The lowest BCUT2D eigenvalue weighted by atomic mass is 9.65. The van der Waals surface area contributed by atoms with Crippen LogP contribution >= 0.6 is 0 Å². The predicted octanol–water partition coefficient (Wildman–Crippen LogP) is 7.27. The minimum absolute atomic E-state index is 0.288. The van der Waals surface area contributed by atoms with Crippen LogP contribution in [0.1, 0.15) is 39.9 Å². The lowest BCUT2D eigenvalue weighted by molar-refractivity contribution is 0.743. The Hall–Kier alpha value is -3.84. The summed E-state index contributed by atoms with van der Waals surface area (Å²) in [6.45, 7) is 0. The fraction of sp³-hybridized carbons (Fsp3) is 0.0968. The maximum Gasteiger partial charge on any atom is 0.0754 e. The van der Waals surface area contributed by atoms with Crippen molar-refractivity contribution < 1.29 is 0 Å². The van der Waals surface area contributed by atoms with Crippen molar-refractivity contribution in [2.24, 2.45) is 0 Å². The van der Waals surface area contributed by atoms with Crippen molar-refractivity contribution in [3.05, 3.63) is 131 Å². The number of nitrogens with zero attached hydrogens (tertiary/aromatic N) is 1. The smallest absolute Gasteiger partial charge is 0.0754 e. The second-order valence-electron chi connectivity index (χ2n) is 9.20. The van der Waals surface area contributed by atoms with E-state index in [4.69, 9.17) is 0 Å². The van der Waals surface area contributed by atoms with Crippen molar-refractivity contribution in [2.45, 2.75) is 18.3 Å². The molecule has 150 valence electrons. The fourth-order valence-electron chi connectivity index (χ4n) is 6.78. The van der Waals surface area contributed by atoms with Gasteiger partial charge in [-0.2, -0.15) is 0 Å². The van der Waals surface area contributed by atoms with Gasteiger partial charge in [-0.15, -0.1) is 0 Å². The molecule has 32 heavy (non-hydrogen) atoms. The molecule has 3 aliphatic rings. The van der Waals surface area contributed by atoms with Gasteiger partial charge in [-0.3, -0.25) is 0 Å². The number of aryl methyl sites for hydroxylation is 1. The maximum absolute atomic E-state index is 2.54. The Labute approximate surface area is 187 Å². The zero-order valence-corrected chi connectivity index (χ0v) is 17.7. The number of hydrogen-bond donors (Lipinski definition) is 0. The van der Waals surface area contributed by atoms with Crippen LogP contribution in [0.3, 0.4) is 0 Å². The normalized spacial score (nSPS) is 16.0. The van der Waals surface area contributed by atoms with E-state index in [-0.39, 0.29) is 5.41 Å². The Kier molecular flexibility index (Phi) is 2.99. The minimum Gasteiger partial charge on any atom is -0.309 e. The van der Waals surface area contributed by atoms with E-state index in [1.807, 2.05) is 0 Å². The van der Waals surface area contributed by atoms with Gasteiger partial charge in [0.05, 0.1) is 16.6 Å². The highest BCUT2D eigenvalue weighted by molar-refractivity contribution is 6.00. The molecule has 0 fully saturated rings. The summed E-state index contributed by atoms with van der Waals surface area (Å²) in [4.78, 5) is 0. The summed E-state index contributed by atoms with van der Waals surface area (Å²) in [7, 11) is 0. The molecular formula is C31H21N. The molecule has 0 saturated heterocycles. The molecule has 0 saturated carbocycles. The highest BCUT2D eigenvalue weighted by Crippen LogP contribution is 2.60. The first-order chi connectivity index (χ1) is 15.9. The molecule has 1 heteroatoms. The fourth-order valence-corrected chi connectivity index (χ4v) is 6.78. The lowest BCUT2D eigenvalue weighted by Gasteiger charge is -2.39. The third-order valence-electron chi connectivity index (χ3n) is 7.88. The summed E-state index contributed by atoms with van der Waals surface area (Å²) in [5, 5.41) is 1.41. The summed E-state index contributed by atoms with van der Waals surface area (Å²) >= 11 is 0. The third kappa shape index (κ3) is 1.72. The minimum atomic E-state index is -0.288. The lowest BCUT2D eigenvalue weighted by Crippen LogP contribution is -2.33. The monoisotopic (exact) mass is 407 g/mol. The largest absolute Gasteiger partial charge is 0.309 e. The molecule has 5 aromatic rings.